The maximum atomic E-state index is 12.5. The summed E-state index contributed by atoms with van der Waals surface area (Å²) >= 11 is 0. The zero-order chi connectivity index (χ0) is 22.5. The van der Waals surface area contributed by atoms with Crippen molar-refractivity contribution in [1.82, 2.24) is 15.3 Å². The number of carbonyl (C=O) groups excluding carboxylic acids is 2. The molecule has 1 heterocycles. The van der Waals surface area contributed by atoms with E-state index in [1.807, 2.05) is 48.5 Å². The minimum Gasteiger partial charge on any atom is -0.481 e. The Hall–Kier alpha value is -4.27. The fourth-order valence-corrected chi connectivity index (χ4v) is 3.76. The molecule has 0 aliphatic heterocycles. The first-order chi connectivity index (χ1) is 15.5. The number of fused-ring (bicyclic) bond motifs is 3. The first-order valence-electron chi connectivity index (χ1n) is 9.92. The Kier molecular flexibility index (Phi) is 6.07. The number of amides is 2. The number of ether oxygens (including phenoxy) is 1. The van der Waals surface area contributed by atoms with Gasteiger partial charge in [-0.2, -0.15) is 0 Å². The molecule has 0 fully saturated rings. The predicted molar refractivity (Wildman–Crippen MR) is 115 cm³/mol. The molecule has 0 saturated heterocycles. The van der Waals surface area contributed by atoms with Gasteiger partial charge in [0.1, 0.15) is 19.0 Å². The zero-order valence-electron chi connectivity index (χ0n) is 16.9. The van der Waals surface area contributed by atoms with Gasteiger partial charge in [-0.05, 0) is 22.3 Å². The van der Waals surface area contributed by atoms with Crippen molar-refractivity contribution in [3.05, 3.63) is 78.4 Å². The standard InChI is InChI=1S/C23H20N4O5/c28-21(29)9-20(22(30)26-14-10-24-13-25-11-14)27-23(31)32-12-19-17-7-3-1-5-15(17)16-6-2-4-8-18(16)19/h1-8,10-11,13,19-20H,9,12H2,(H,26,30)(H,27,31)(H,28,29). The number of carboxylic acids is 1. The molecule has 162 valence electrons. The van der Waals surface area contributed by atoms with Crippen LogP contribution in [0.1, 0.15) is 23.5 Å². The van der Waals surface area contributed by atoms with Crippen molar-refractivity contribution in [2.45, 2.75) is 18.4 Å². The van der Waals surface area contributed by atoms with Crippen LogP contribution in [0.25, 0.3) is 11.1 Å². The molecule has 9 nitrogen and oxygen atoms in total. The maximum absolute atomic E-state index is 12.5. The summed E-state index contributed by atoms with van der Waals surface area (Å²) in [5.41, 5.74) is 4.55. The molecule has 3 aromatic rings. The van der Waals surface area contributed by atoms with Crippen molar-refractivity contribution in [2.75, 3.05) is 11.9 Å². The average molecular weight is 432 g/mol. The van der Waals surface area contributed by atoms with Gasteiger partial charge < -0.3 is 20.5 Å². The molecular weight excluding hydrogens is 412 g/mol. The molecule has 3 N–H and O–H groups in total. The smallest absolute Gasteiger partial charge is 0.407 e. The number of carboxylic acid groups (broad SMARTS) is 1. The molecule has 32 heavy (non-hydrogen) atoms. The first-order valence-corrected chi connectivity index (χ1v) is 9.92. The van der Waals surface area contributed by atoms with E-state index in [2.05, 4.69) is 20.6 Å². The van der Waals surface area contributed by atoms with Gasteiger partial charge >= 0.3 is 12.1 Å². The molecule has 1 atom stereocenters. The predicted octanol–water partition coefficient (Wildman–Crippen LogP) is 2.80. The van der Waals surface area contributed by atoms with E-state index in [4.69, 9.17) is 9.84 Å². The monoisotopic (exact) mass is 432 g/mol. The number of carbonyl (C=O) groups is 3. The Balaban J connectivity index is 1.42. The molecule has 9 heteroatoms. The van der Waals surface area contributed by atoms with E-state index in [0.717, 1.165) is 22.3 Å². The third kappa shape index (κ3) is 4.56. The number of aliphatic carboxylic acids is 1. The van der Waals surface area contributed by atoms with Crippen LogP contribution in [0.15, 0.2) is 67.3 Å². The van der Waals surface area contributed by atoms with Crippen LogP contribution in [0.2, 0.25) is 0 Å². The largest absolute Gasteiger partial charge is 0.481 e. The lowest BCUT2D eigenvalue weighted by Crippen LogP contribution is -2.45. The number of benzene rings is 2. The molecule has 4 rings (SSSR count). The van der Waals surface area contributed by atoms with Gasteiger partial charge in [0.2, 0.25) is 5.91 Å². The van der Waals surface area contributed by atoms with Crippen LogP contribution in [0.5, 0.6) is 0 Å². The summed E-state index contributed by atoms with van der Waals surface area (Å²) in [4.78, 5) is 43.7. The van der Waals surface area contributed by atoms with E-state index >= 15 is 0 Å². The highest BCUT2D eigenvalue weighted by molar-refractivity contribution is 5.98. The lowest BCUT2D eigenvalue weighted by atomic mass is 9.98. The Bertz CT molecular complexity index is 1110. The van der Waals surface area contributed by atoms with Crippen LogP contribution in [0, 0.1) is 0 Å². The quantitative estimate of drug-likeness (QED) is 0.523. The second-order valence-electron chi connectivity index (χ2n) is 7.24. The van der Waals surface area contributed by atoms with Gasteiger partial charge in [0.15, 0.2) is 0 Å². The van der Waals surface area contributed by atoms with Crippen LogP contribution in [-0.2, 0) is 14.3 Å². The molecule has 1 aromatic heterocycles. The third-order valence-electron chi connectivity index (χ3n) is 5.16. The van der Waals surface area contributed by atoms with Gasteiger partial charge in [-0.1, -0.05) is 48.5 Å². The summed E-state index contributed by atoms with van der Waals surface area (Å²) in [7, 11) is 0. The maximum Gasteiger partial charge on any atom is 0.407 e. The summed E-state index contributed by atoms with van der Waals surface area (Å²) in [6.07, 6.45) is 2.52. The van der Waals surface area contributed by atoms with Crippen LogP contribution >= 0.6 is 0 Å². The normalized spacial score (nSPS) is 12.9. The number of aromatic nitrogens is 2. The van der Waals surface area contributed by atoms with E-state index in [1.54, 1.807) is 0 Å². The number of anilines is 1. The van der Waals surface area contributed by atoms with Crippen LogP contribution < -0.4 is 10.6 Å². The van der Waals surface area contributed by atoms with Crippen molar-refractivity contribution in [2.24, 2.45) is 0 Å². The van der Waals surface area contributed by atoms with Gasteiger partial charge in [-0.15, -0.1) is 0 Å². The molecule has 1 aliphatic carbocycles. The summed E-state index contributed by atoms with van der Waals surface area (Å²) in [6.45, 7) is 0.0494. The van der Waals surface area contributed by atoms with E-state index in [1.165, 1.54) is 18.7 Å². The molecule has 1 aliphatic rings. The second kappa shape index (κ2) is 9.25. The van der Waals surface area contributed by atoms with Crippen molar-refractivity contribution in [1.29, 1.82) is 0 Å². The number of hydrogen-bond donors (Lipinski definition) is 3. The Morgan fingerprint density at radius 2 is 1.56 bits per heavy atom. The number of hydrogen-bond acceptors (Lipinski definition) is 6. The molecule has 1 unspecified atom stereocenters. The fourth-order valence-electron chi connectivity index (χ4n) is 3.76. The highest BCUT2D eigenvalue weighted by Gasteiger charge is 2.30. The highest BCUT2D eigenvalue weighted by atomic mass is 16.5. The van der Waals surface area contributed by atoms with Crippen molar-refractivity contribution >= 4 is 23.7 Å². The van der Waals surface area contributed by atoms with Gasteiger partial charge in [-0.25, -0.2) is 14.8 Å². The Morgan fingerprint density at radius 1 is 0.969 bits per heavy atom. The zero-order valence-corrected chi connectivity index (χ0v) is 16.9. The molecule has 0 saturated carbocycles. The highest BCUT2D eigenvalue weighted by Crippen LogP contribution is 2.44. The Labute approximate surface area is 183 Å². The van der Waals surface area contributed by atoms with E-state index < -0.39 is 30.4 Å². The number of nitrogens with zero attached hydrogens (tertiary/aromatic N) is 2. The minimum atomic E-state index is -1.33. The average Bonchev–Trinajstić information content (AvgIpc) is 3.11. The molecular formula is C23H20N4O5. The number of alkyl carbamates (subject to hydrolysis) is 1. The summed E-state index contributed by atoms with van der Waals surface area (Å²) in [5, 5.41) is 14.0. The van der Waals surface area contributed by atoms with Crippen molar-refractivity contribution < 1.29 is 24.2 Å². The molecule has 0 spiro atoms. The lowest BCUT2D eigenvalue weighted by molar-refractivity contribution is -0.139. The molecule has 0 radical (unpaired) electrons. The third-order valence-corrected chi connectivity index (χ3v) is 5.16. The van der Waals surface area contributed by atoms with Crippen LogP contribution in [-0.4, -0.2) is 45.7 Å². The van der Waals surface area contributed by atoms with Crippen molar-refractivity contribution in [3.63, 3.8) is 0 Å². The number of rotatable bonds is 7. The minimum absolute atomic E-state index is 0.0494. The van der Waals surface area contributed by atoms with E-state index in [0.29, 0.717) is 0 Å². The summed E-state index contributed by atoms with van der Waals surface area (Å²) < 4.78 is 5.40. The summed E-state index contributed by atoms with van der Waals surface area (Å²) in [5.74, 6) is -2.11. The van der Waals surface area contributed by atoms with Crippen LogP contribution in [0.3, 0.4) is 0 Å². The topological polar surface area (TPSA) is 131 Å². The van der Waals surface area contributed by atoms with Gasteiger partial charge in [0, 0.05) is 5.92 Å². The van der Waals surface area contributed by atoms with Crippen LogP contribution in [0.4, 0.5) is 10.5 Å². The molecule has 2 amide bonds. The molecule has 2 aromatic carbocycles. The lowest BCUT2D eigenvalue weighted by Gasteiger charge is -2.18. The first kappa shape index (κ1) is 21.0. The van der Waals surface area contributed by atoms with Gasteiger partial charge in [0.25, 0.3) is 0 Å². The second-order valence-corrected chi connectivity index (χ2v) is 7.24. The molecule has 0 bridgehead atoms. The van der Waals surface area contributed by atoms with Gasteiger partial charge in [0.05, 0.1) is 24.5 Å². The van der Waals surface area contributed by atoms with E-state index in [-0.39, 0.29) is 18.2 Å². The van der Waals surface area contributed by atoms with Gasteiger partial charge in [-0.3, -0.25) is 9.59 Å². The SMILES string of the molecule is O=C(O)CC(NC(=O)OCC1c2ccccc2-c2ccccc21)C(=O)Nc1cncnc1. The van der Waals surface area contributed by atoms with E-state index in [9.17, 15) is 14.4 Å². The van der Waals surface area contributed by atoms with Crippen molar-refractivity contribution in [3.8, 4) is 11.1 Å². The summed E-state index contributed by atoms with van der Waals surface area (Å²) in [6, 6.07) is 14.5. The Morgan fingerprint density at radius 3 is 2.16 bits per heavy atom. The fraction of sp³-hybridized carbons (Fsp3) is 0.174. The number of nitrogens with one attached hydrogen (secondary N) is 2.